The Morgan fingerprint density at radius 3 is 2.24 bits per heavy atom. The van der Waals surface area contributed by atoms with Gasteiger partial charge in [-0.05, 0) is 24.0 Å². The van der Waals surface area contributed by atoms with Crippen LogP contribution in [0.4, 0.5) is 0 Å². The van der Waals surface area contributed by atoms with E-state index in [1.165, 1.54) is 0 Å². The number of carboxylic acids is 1. The standard InChI is InChI=1S/C18H26N2O4S/c1-18(2,3)17(24)19-10-9-15(21)20-14(11-16(22)23)12-5-7-13(25-4)8-6-12/h5-8,14H,9-11H2,1-4H3,(H,19,24)(H,20,21)(H,22,23). The number of rotatable bonds is 8. The van der Waals surface area contributed by atoms with E-state index in [1.807, 2.05) is 30.5 Å². The van der Waals surface area contributed by atoms with Crippen LogP contribution in [0.25, 0.3) is 0 Å². The molecule has 0 bridgehead atoms. The molecular formula is C18H26N2O4S. The molecule has 6 nitrogen and oxygen atoms in total. The number of carbonyl (C=O) groups is 3. The minimum atomic E-state index is -0.986. The lowest BCUT2D eigenvalue weighted by Crippen LogP contribution is -2.38. The van der Waals surface area contributed by atoms with Crippen molar-refractivity contribution in [1.29, 1.82) is 0 Å². The maximum absolute atomic E-state index is 12.1. The molecule has 0 heterocycles. The highest BCUT2D eigenvalue weighted by Crippen LogP contribution is 2.21. The van der Waals surface area contributed by atoms with Crippen molar-refractivity contribution in [3.8, 4) is 0 Å². The fraction of sp³-hybridized carbons (Fsp3) is 0.500. The number of aliphatic carboxylic acids is 1. The first-order valence-corrected chi connectivity index (χ1v) is 9.29. The quantitative estimate of drug-likeness (QED) is 0.615. The van der Waals surface area contributed by atoms with Gasteiger partial charge in [0.05, 0.1) is 12.5 Å². The van der Waals surface area contributed by atoms with Crippen molar-refractivity contribution in [2.75, 3.05) is 12.8 Å². The normalized spacial score (nSPS) is 12.3. The predicted molar refractivity (Wildman–Crippen MR) is 98.4 cm³/mol. The van der Waals surface area contributed by atoms with Gasteiger partial charge in [0.1, 0.15) is 0 Å². The summed E-state index contributed by atoms with van der Waals surface area (Å²) in [5.41, 5.74) is 0.230. The van der Waals surface area contributed by atoms with E-state index in [1.54, 1.807) is 32.5 Å². The van der Waals surface area contributed by atoms with Crippen molar-refractivity contribution in [2.45, 2.75) is 44.6 Å². The van der Waals surface area contributed by atoms with Gasteiger partial charge in [0.2, 0.25) is 11.8 Å². The molecule has 1 atom stereocenters. The number of hydrogen-bond donors (Lipinski definition) is 3. The molecule has 0 saturated carbocycles. The topological polar surface area (TPSA) is 95.5 Å². The van der Waals surface area contributed by atoms with E-state index in [0.717, 1.165) is 10.5 Å². The molecule has 0 aromatic heterocycles. The summed E-state index contributed by atoms with van der Waals surface area (Å²) in [6.45, 7) is 5.60. The molecule has 0 spiro atoms. The number of carboxylic acid groups (broad SMARTS) is 1. The van der Waals surface area contributed by atoms with Gasteiger partial charge in [-0.15, -0.1) is 11.8 Å². The van der Waals surface area contributed by atoms with Gasteiger partial charge >= 0.3 is 5.97 Å². The number of hydrogen-bond acceptors (Lipinski definition) is 4. The molecule has 2 amide bonds. The van der Waals surface area contributed by atoms with Crippen LogP contribution in [-0.4, -0.2) is 35.7 Å². The van der Waals surface area contributed by atoms with Gasteiger partial charge in [-0.1, -0.05) is 32.9 Å². The summed E-state index contributed by atoms with van der Waals surface area (Å²) in [4.78, 5) is 36.0. The molecular weight excluding hydrogens is 340 g/mol. The fourth-order valence-electron chi connectivity index (χ4n) is 2.08. The molecule has 1 rings (SSSR count). The zero-order valence-corrected chi connectivity index (χ0v) is 15.9. The van der Waals surface area contributed by atoms with Crippen LogP contribution in [0.15, 0.2) is 29.2 Å². The van der Waals surface area contributed by atoms with Crippen LogP contribution in [0.2, 0.25) is 0 Å². The number of nitrogens with one attached hydrogen (secondary N) is 2. The second-order valence-corrected chi connectivity index (χ2v) is 7.63. The number of amides is 2. The number of benzene rings is 1. The molecule has 0 saturated heterocycles. The third-order valence-electron chi connectivity index (χ3n) is 3.55. The number of carbonyl (C=O) groups excluding carboxylic acids is 2. The molecule has 7 heteroatoms. The van der Waals surface area contributed by atoms with Crippen molar-refractivity contribution < 1.29 is 19.5 Å². The first-order valence-electron chi connectivity index (χ1n) is 8.07. The Bertz CT molecular complexity index is 608. The summed E-state index contributed by atoms with van der Waals surface area (Å²) in [5.74, 6) is -1.41. The van der Waals surface area contributed by atoms with Crippen molar-refractivity contribution in [1.82, 2.24) is 10.6 Å². The zero-order valence-electron chi connectivity index (χ0n) is 15.1. The minimum Gasteiger partial charge on any atom is -0.481 e. The Labute approximate surface area is 152 Å². The van der Waals surface area contributed by atoms with Crippen molar-refractivity contribution in [2.24, 2.45) is 5.41 Å². The largest absolute Gasteiger partial charge is 0.481 e. The van der Waals surface area contributed by atoms with Gasteiger partial charge in [0.25, 0.3) is 0 Å². The van der Waals surface area contributed by atoms with E-state index in [-0.39, 0.29) is 31.2 Å². The molecule has 0 radical (unpaired) electrons. The zero-order chi connectivity index (χ0) is 19.0. The van der Waals surface area contributed by atoms with E-state index in [2.05, 4.69) is 10.6 Å². The highest BCUT2D eigenvalue weighted by atomic mass is 32.2. The van der Waals surface area contributed by atoms with Gasteiger partial charge in [-0.3, -0.25) is 14.4 Å². The van der Waals surface area contributed by atoms with Crippen LogP contribution in [0.5, 0.6) is 0 Å². The third-order valence-corrected chi connectivity index (χ3v) is 4.29. The Morgan fingerprint density at radius 1 is 1.16 bits per heavy atom. The summed E-state index contributed by atoms with van der Waals surface area (Å²) in [5, 5.41) is 14.5. The molecule has 138 valence electrons. The van der Waals surface area contributed by atoms with Crippen molar-refractivity contribution in [3.63, 3.8) is 0 Å². The molecule has 0 aliphatic rings. The van der Waals surface area contributed by atoms with Gasteiger partial charge < -0.3 is 15.7 Å². The predicted octanol–water partition coefficient (Wildman–Crippen LogP) is 2.59. The van der Waals surface area contributed by atoms with E-state index in [4.69, 9.17) is 5.11 Å². The second-order valence-electron chi connectivity index (χ2n) is 6.75. The average Bonchev–Trinajstić information content (AvgIpc) is 2.53. The highest BCUT2D eigenvalue weighted by molar-refractivity contribution is 7.98. The van der Waals surface area contributed by atoms with Crippen molar-refractivity contribution >= 4 is 29.5 Å². The molecule has 1 aromatic carbocycles. The molecule has 0 fully saturated rings. The maximum atomic E-state index is 12.1. The summed E-state index contributed by atoms with van der Waals surface area (Å²) >= 11 is 1.59. The van der Waals surface area contributed by atoms with Crippen LogP contribution < -0.4 is 10.6 Å². The summed E-state index contributed by atoms with van der Waals surface area (Å²) in [6.07, 6.45) is 1.86. The molecule has 1 aromatic rings. The van der Waals surface area contributed by atoms with E-state index in [0.29, 0.717) is 0 Å². The number of thioether (sulfide) groups is 1. The first-order chi connectivity index (χ1) is 11.6. The fourth-order valence-corrected chi connectivity index (χ4v) is 2.49. The SMILES string of the molecule is CSc1ccc(C(CC(=O)O)NC(=O)CCNC(=O)C(C)(C)C)cc1. The van der Waals surface area contributed by atoms with Crippen LogP contribution >= 0.6 is 11.8 Å². The average molecular weight is 366 g/mol. The lowest BCUT2D eigenvalue weighted by Gasteiger charge is -2.19. The van der Waals surface area contributed by atoms with Crippen LogP contribution in [0.1, 0.15) is 45.2 Å². The molecule has 1 unspecified atom stereocenters. The summed E-state index contributed by atoms with van der Waals surface area (Å²) in [6, 6.07) is 6.83. The highest BCUT2D eigenvalue weighted by Gasteiger charge is 2.21. The maximum Gasteiger partial charge on any atom is 0.305 e. The van der Waals surface area contributed by atoms with Gasteiger partial charge in [0.15, 0.2) is 0 Å². The van der Waals surface area contributed by atoms with E-state index in [9.17, 15) is 14.4 Å². The Morgan fingerprint density at radius 2 is 1.76 bits per heavy atom. The monoisotopic (exact) mass is 366 g/mol. The van der Waals surface area contributed by atoms with Crippen LogP contribution in [-0.2, 0) is 14.4 Å². The second kappa shape index (κ2) is 9.46. The molecule has 0 aliphatic carbocycles. The lowest BCUT2D eigenvalue weighted by atomic mass is 9.96. The molecule has 3 N–H and O–H groups in total. The van der Waals surface area contributed by atoms with Crippen LogP contribution in [0, 0.1) is 5.41 Å². The molecule has 25 heavy (non-hydrogen) atoms. The smallest absolute Gasteiger partial charge is 0.305 e. The van der Waals surface area contributed by atoms with Crippen molar-refractivity contribution in [3.05, 3.63) is 29.8 Å². The third kappa shape index (κ3) is 7.60. The Balaban J connectivity index is 2.63. The van der Waals surface area contributed by atoms with Gasteiger partial charge in [-0.25, -0.2) is 0 Å². The Kier molecular flexibility index (Phi) is 7.96. The van der Waals surface area contributed by atoms with E-state index >= 15 is 0 Å². The van der Waals surface area contributed by atoms with Crippen LogP contribution in [0.3, 0.4) is 0 Å². The molecule has 0 aliphatic heterocycles. The van der Waals surface area contributed by atoms with Gasteiger partial charge in [0, 0.05) is 23.3 Å². The Hall–Kier alpha value is -2.02. The minimum absolute atomic E-state index is 0.0981. The van der Waals surface area contributed by atoms with Gasteiger partial charge in [-0.2, -0.15) is 0 Å². The summed E-state index contributed by atoms with van der Waals surface area (Å²) in [7, 11) is 0. The lowest BCUT2D eigenvalue weighted by molar-refractivity contribution is -0.137. The van der Waals surface area contributed by atoms with E-state index < -0.39 is 17.4 Å². The first kappa shape index (κ1) is 21.0. The summed E-state index contributed by atoms with van der Waals surface area (Å²) < 4.78 is 0.